The Hall–Kier alpha value is -2.36. The lowest BCUT2D eigenvalue weighted by Gasteiger charge is -2.32. The third kappa shape index (κ3) is 4.88. The van der Waals surface area contributed by atoms with E-state index in [0.717, 1.165) is 12.5 Å². The van der Waals surface area contributed by atoms with E-state index in [-0.39, 0.29) is 16.5 Å². The van der Waals surface area contributed by atoms with Crippen LogP contribution in [0.5, 0.6) is 0 Å². The van der Waals surface area contributed by atoms with Crippen LogP contribution in [0.25, 0.3) is 0 Å². The van der Waals surface area contributed by atoms with Crippen molar-refractivity contribution in [2.75, 3.05) is 13.1 Å². The first-order valence-corrected chi connectivity index (χ1v) is 10.0. The van der Waals surface area contributed by atoms with E-state index in [2.05, 4.69) is 9.71 Å². The lowest BCUT2D eigenvalue weighted by Crippen LogP contribution is -2.47. The number of rotatable bonds is 6. The summed E-state index contributed by atoms with van der Waals surface area (Å²) in [4.78, 5) is 17.3. The van der Waals surface area contributed by atoms with E-state index in [1.807, 2.05) is 4.90 Å². The van der Waals surface area contributed by atoms with Crippen molar-refractivity contribution in [2.45, 2.75) is 30.3 Å². The number of carbonyl (C=O) groups is 1. The normalized spacial score (nSPS) is 18.3. The summed E-state index contributed by atoms with van der Waals surface area (Å²) in [5.41, 5.74) is 0.582. The highest BCUT2D eigenvalue weighted by Crippen LogP contribution is 2.18. The molecular weight excluding hydrogens is 373 g/mol. The second kappa shape index (κ2) is 8.12. The van der Waals surface area contributed by atoms with Crippen LogP contribution in [0.1, 0.15) is 28.9 Å². The molecule has 27 heavy (non-hydrogen) atoms. The first kappa shape index (κ1) is 19.4. The molecule has 1 unspecified atom stereocenters. The van der Waals surface area contributed by atoms with Crippen molar-refractivity contribution < 1.29 is 22.7 Å². The van der Waals surface area contributed by atoms with E-state index < -0.39 is 21.8 Å². The van der Waals surface area contributed by atoms with Crippen molar-refractivity contribution in [1.29, 1.82) is 0 Å². The number of carboxylic acid groups (broad SMARTS) is 1. The van der Waals surface area contributed by atoms with Crippen molar-refractivity contribution in [1.82, 2.24) is 14.6 Å². The van der Waals surface area contributed by atoms with Gasteiger partial charge >= 0.3 is 5.97 Å². The van der Waals surface area contributed by atoms with Gasteiger partial charge in [-0.05, 0) is 49.7 Å². The average molecular weight is 393 g/mol. The molecule has 7 nitrogen and oxygen atoms in total. The molecule has 1 aliphatic rings. The van der Waals surface area contributed by atoms with Gasteiger partial charge in [-0.2, -0.15) is 0 Å². The number of benzene rings is 1. The summed E-state index contributed by atoms with van der Waals surface area (Å²) in [5.74, 6) is -1.65. The molecule has 0 aliphatic carbocycles. The molecule has 0 radical (unpaired) electrons. The van der Waals surface area contributed by atoms with Gasteiger partial charge in [0.1, 0.15) is 5.82 Å². The van der Waals surface area contributed by atoms with Crippen molar-refractivity contribution in [2.24, 2.45) is 0 Å². The molecule has 0 amide bonds. The molecule has 1 aromatic carbocycles. The summed E-state index contributed by atoms with van der Waals surface area (Å²) in [5, 5.41) is 9.27. The predicted octanol–water partition coefficient (Wildman–Crippen LogP) is 1.86. The fourth-order valence-electron chi connectivity index (χ4n) is 3.19. The van der Waals surface area contributed by atoms with Crippen LogP contribution in [0, 0.1) is 5.82 Å². The fourth-order valence-corrected chi connectivity index (χ4v) is 4.48. The summed E-state index contributed by atoms with van der Waals surface area (Å²) in [6.45, 7) is 1.46. The summed E-state index contributed by atoms with van der Waals surface area (Å²) in [7, 11) is -3.83. The van der Waals surface area contributed by atoms with Crippen molar-refractivity contribution >= 4 is 16.0 Å². The molecule has 1 aromatic heterocycles. The van der Waals surface area contributed by atoms with Gasteiger partial charge in [-0.15, -0.1) is 0 Å². The highest BCUT2D eigenvalue weighted by molar-refractivity contribution is 7.89. The molecular formula is C18H20FN3O4S. The third-order valence-electron chi connectivity index (χ3n) is 4.43. The summed E-state index contributed by atoms with van der Waals surface area (Å²) >= 11 is 0. The minimum absolute atomic E-state index is 0.113. The monoisotopic (exact) mass is 393 g/mol. The summed E-state index contributed by atoms with van der Waals surface area (Å²) in [6, 6.07) is 7.59. The Kier molecular flexibility index (Phi) is 5.83. The zero-order chi connectivity index (χ0) is 19.4. The van der Waals surface area contributed by atoms with Crippen LogP contribution in [0.4, 0.5) is 4.39 Å². The Bertz CT molecular complexity index is 936. The van der Waals surface area contributed by atoms with E-state index in [0.29, 0.717) is 31.7 Å². The van der Waals surface area contributed by atoms with Crippen LogP contribution in [0.2, 0.25) is 0 Å². The summed E-state index contributed by atoms with van der Waals surface area (Å²) in [6.07, 6.45) is 2.94. The zero-order valence-corrected chi connectivity index (χ0v) is 15.3. The maximum atomic E-state index is 13.3. The van der Waals surface area contributed by atoms with E-state index >= 15 is 0 Å². The minimum atomic E-state index is -3.83. The second-order valence-corrected chi connectivity index (χ2v) is 8.17. The van der Waals surface area contributed by atoms with Gasteiger partial charge < -0.3 is 5.11 Å². The number of nitrogens with zero attached hydrogens (tertiary/aromatic N) is 2. The lowest BCUT2D eigenvalue weighted by atomic mass is 10.1. The number of aromatic nitrogens is 1. The first-order chi connectivity index (χ1) is 12.8. The van der Waals surface area contributed by atoms with Gasteiger partial charge in [0.2, 0.25) is 10.0 Å². The van der Waals surface area contributed by atoms with E-state index in [1.165, 1.54) is 30.5 Å². The first-order valence-electron chi connectivity index (χ1n) is 8.52. The number of carboxylic acids is 1. The highest BCUT2D eigenvalue weighted by atomic mass is 32.2. The van der Waals surface area contributed by atoms with Gasteiger partial charge in [0.05, 0.1) is 16.2 Å². The van der Waals surface area contributed by atoms with Crippen LogP contribution in [0.3, 0.4) is 0 Å². The SMILES string of the molecule is O=C(O)c1cccnc1CN1CCCC(NS(=O)(=O)c2cccc(F)c2)C1. The molecule has 1 saturated heterocycles. The number of likely N-dealkylation sites (tertiary alicyclic amines) is 1. The van der Waals surface area contributed by atoms with Gasteiger partial charge in [0, 0.05) is 25.3 Å². The van der Waals surface area contributed by atoms with Gasteiger partial charge in [-0.25, -0.2) is 22.3 Å². The number of hydrogen-bond donors (Lipinski definition) is 2. The second-order valence-electron chi connectivity index (χ2n) is 6.46. The Balaban J connectivity index is 1.69. The molecule has 2 heterocycles. The van der Waals surface area contributed by atoms with Gasteiger partial charge in [-0.1, -0.05) is 6.07 Å². The van der Waals surface area contributed by atoms with Gasteiger partial charge in [0.25, 0.3) is 0 Å². The smallest absolute Gasteiger partial charge is 0.337 e. The topological polar surface area (TPSA) is 99.6 Å². The number of sulfonamides is 1. The molecule has 9 heteroatoms. The zero-order valence-electron chi connectivity index (χ0n) is 14.5. The Morgan fingerprint density at radius 2 is 2.15 bits per heavy atom. The number of halogens is 1. The van der Waals surface area contributed by atoms with E-state index in [1.54, 1.807) is 6.07 Å². The van der Waals surface area contributed by atoms with Crippen LogP contribution in [0.15, 0.2) is 47.5 Å². The molecule has 1 aliphatic heterocycles. The van der Waals surface area contributed by atoms with Crippen molar-refractivity contribution in [3.63, 3.8) is 0 Å². The summed E-state index contributed by atoms with van der Waals surface area (Å²) < 4.78 is 40.9. The van der Waals surface area contributed by atoms with Crippen molar-refractivity contribution in [3.8, 4) is 0 Å². The van der Waals surface area contributed by atoms with Gasteiger partial charge in [0.15, 0.2) is 0 Å². The van der Waals surface area contributed by atoms with Crippen LogP contribution >= 0.6 is 0 Å². The maximum absolute atomic E-state index is 13.3. The number of aromatic carboxylic acids is 1. The minimum Gasteiger partial charge on any atom is -0.478 e. The lowest BCUT2D eigenvalue weighted by molar-refractivity contribution is 0.0693. The molecule has 1 atom stereocenters. The molecule has 2 aromatic rings. The molecule has 2 N–H and O–H groups in total. The largest absolute Gasteiger partial charge is 0.478 e. The molecule has 3 rings (SSSR count). The highest BCUT2D eigenvalue weighted by Gasteiger charge is 2.26. The Morgan fingerprint density at radius 3 is 2.89 bits per heavy atom. The third-order valence-corrected chi connectivity index (χ3v) is 5.95. The van der Waals surface area contributed by atoms with Crippen LogP contribution < -0.4 is 4.72 Å². The van der Waals surface area contributed by atoms with E-state index in [4.69, 9.17) is 0 Å². The average Bonchev–Trinajstić information content (AvgIpc) is 2.62. The van der Waals surface area contributed by atoms with Crippen LogP contribution in [-0.4, -0.2) is 48.5 Å². The molecule has 0 bridgehead atoms. The fraction of sp³-hybridized carbons (Fsp3) is 0.333. The molecule has 1 fully saturated rings. The Morgan fingerprint density at radius 1 is 1.33 bits per heavy atom. The Labute approximate surface area is 156 Å². The number of nitrogens with one attached hydrogen (secondary N) is 1. The molecule has 0 spiro atoms. The molecule has 144 valence electrons. The molecule has 0 saturated carbocycles. The van der Waals surface area contributed by atoms with Crippen molar-refractivity contribution in [3.05, 3.63) is 59.7 Å². The number of pyridine rings is 1. The maximum Gasteiger partial charge on any atom is 0.337 e. The predicted molar refractivity (Wildman–Crippen MR) is 96.2 cm³/mol. The quantitative estimate of drug-likeness (QED) is 0.777. The number of hydrogen-bond acceptors (Lipinski definition) is 5. The van der Waals surface area contributed by atoms with Gasteiger partial charge in [-0.3, -0.25) is 9.88 Å². The standard InChI is InChI=1S/C18H20FN3O4S/c19-13-4-1-6-15(10-13)27(25,26)21-14-5-3-9-22(11-14)12-17-16(18(23)24)7-2-8-20-17/h1-2,4,6-8,10,14,21H,3,5,9,11-12H2,(H,23,24). The number of piperidine rings is 1. The van der Waals surface area contributed by atoms with E-state index in [9.17, 15) is 22.7 Å². The van der Waals surface area contributed by atoms with Crippen LogP contribution in [-0.2, 0) is 16.6 Å².